The number of aromatic nitrogens is 3. The average Bonchev–Trinajstić information content (AvgIpc) is 3.32. The number of benzene rings is 1. The summed E-state index contributed by atoms with van der Waals surface area (Å²) >= 11 is 0. The van der Waals surface area contributed by atoms with Crippen molar-refractivity contribution in [2.75, 3.05) is 31.6 Å². The molecule has 0 spiro atoms. The Labute approximate surface area is 256 Å². The number of aryl methyl sites for hydroxylation is 1. The number of esters is 1. The minimum Gasteiger partial charge on any atom is -0.458 e. The van der Waals surface area contributed by atoms with Crippen LogP contribution in [0.1, 0.15) is 69.8 Å². The molecule has 2 saturated heterocycles. The third kappa shape index (κ3) is 6.34. The highest BCUT2D eigenvalue weighted by Crippen LogP contribution is 2.37. The Hall–Kier alpha value is -4.21. The Kier molecular flexibility index (Phi) is 8.31. The molecule has 2 aromatic heterocycles. The smallest absolute Gasteiger partial charge is 0.335 e. The number of rotatable bonds is 6. The predicted octanol–water partition coefficient (Wildman–Crippen LogP) is 4.16. The molecule has 2 aliphatic rings. The molecule has 1 aromatic carbocycles. The number of fused-ring (bicyclic) bond motifs is 1. The molecule has 5 rings (SSSR count). The lowest BCUT2D eigenvalue weighted by Gasteiger charge is -2.39. The number of amides is 1. The first-order chi connectivity index (χ1) is 20.7. The van der Waals surface area contributed by atoms with Crippen molar-refractivity contribution in [3.63, 3.8) is 0 Å². The van der Waals surface area contributed by atoms with E-state index in [1.807, 2.05) is 31.7 Å². The minimum atomic E-state index is -0.905. The summed E-state index contributed by atoms with van der Waals surface area (Å²) in [6.07, 6.45) is 1.60. The van der Waals surface area contributed by atoms with Crippen molar-refractivity contribution in [1.82, 2.24) is 19.7 Å². The van der Waals surface area contributed by atoms with Crippen LogP contribution in [0.4, 0.5) is 11.5 Å². The van der Waals surface area contributed by atoms with Crippen LogP contribution in [-0.4, -0.2) is 75.2 Å². The van der Waals surface area contributed by atoms with Gasteiger partial charge in [0.15, 0.2) is 11.9 Å². The van der Waals surface area contributed by atoms with Crippen LogP contribution in [0, 0.1) is 18.3 Å². The van der Waals surface area contributed by atoms with Crippen molar-refractivity contribution in [2.24, 2.45) is 0 Å². The van der Waals surface area contributed by atoms with Crippen LogP contribution < -0.4 is 10.9 Å². The molecular formula is C32H40N6O6. The number of hydrogen-bond acceptors (Lipinski definition) is 9. The summed E-state index contributed by atoms with van der Waals surface area (Å²) in [5.74, 6) is -0.194. The third-order valence-electron chi connectivity index (χ3n) is 7.99. The molecule has 0 saturated carbocycles. The Morgan fingerprint density at radius 2 is 2.05 bits per heavy atom. The molecule has 1 amide bonds. The monoisotopic (exact) mass is 604 g/mol. The van der Waals surface area contributed by atoms with E-state index in [1.54, 1.807) is 43.7 Å². The first-order valence-electron chi connectivity index (χ1n) is 14.9. The van der Waals surface area contributed by atoms with Gasteiger partial charge in [-0.05, 0) is 84.2 Å². The summed E-state index contributed by atoms with van der Waals surface area (Å²) in [6.45, 7) is 12.8. The Balaban J connectivity index is 1.43. The molecule has 2 unspecified atom stereocenters. The van der Waals surface area contributed by atoms with Gasteiger partial charge in [0.05, 0.1) is 42.4 Å². The van der Waals surface area contributed by atoms with Crippen molar-refractivity contribution in [1.29, 1.82) is 5.26 Å². The lowest BCUT2D eigenvalue weighted by Crippen LogP contribution is -2.50. The van der Waals surface area contributed by atoms with Crippen molar-refractivity contribution < 1.29 is 23.8 Å². The maximum atomic E-state index is 13.3. The largest absolute Gasteiger partial charge is 0.458 e. The molecule has 12 heteroatoms. The zero-order valence-electron chi connectivity index (χ0n) is 26.2. The third-order valence-corrected chi connectivity index (χ3v) is 7.99. The van der Waals surface area contributed by atoms with Gasteiger partial charge in [-0.15, -0.1) is 0 Å². The highest BCUT2D eigenvalue weighted by molar-refractivity contribution is 5.97. The first kappa shape index (κ1) is 31.2. The van der Waals surface area contributed by atoms with Gasteiger partial charge in [-0.2, -0.15) is 10.4 Å². The molecule has 2 atom stereocenters. The molecule has 2 N–H and O–H groups in total. The van der Waals surface area contributed by atoms with Crippen molar-refractivity contribution in [3.05, 3.63) is 51.9 Å². The van der Waals surface area contributed by atoms with Crippen LogP contribution in [0.3, 0.4) is 0 Å². The molecule has 12 nitrogen and oxygen atoms in total. The highest BCUT2D eigenvalue weighted by atomic mass is 16.6. The van der Waals surface area contributed by atoms with E-state index in [4.69, 9.17) is 19.3 Å². The van der Waals surface area contributed by atoms with Crippen LogP contribution in [0.5, 0.6) is 0 Å². The van der Waals surface area contributed by atoms with Gasteiger partial charge in [0.2, 0.25) is 0 Å². The van der Waals surface area contributed by atoms with Crippen molar-refractivity contribution >= 4 is 34.3 Å². The SMILES string of the molecule is Cc1cc(Nc2nn(C3(CC#N)CCC(C(=O)OC(C)(C)C)OC3)c3cc[nH]c(=O)c23)ccc1C(=O)N1CCOC(C)(C)C1. The highest BCUT2D eigenvalue weighted by Gasteiger charge is 2.43. The number of morpholine rings is 1. The first-order valence-corrected chi connectivity index (χ1v) is 14.9. The summed E-state index contributed by atoms with van der Waals surface area (Å²) in [4.78, 5) is 43.6. The average molecular weight is 605 g/mol. The fourth-order valence-electron chi connectivity index (χ4n) is 5.90. The lowest BCUT2D eigenvalue weighted by atomic mass is 9.87. The molecule has 4 heterocycles. The second kappa shape index (κ2) is 11.7. The fraction of sp³-hybridized carbons (Fsp3) is 0.531. The Bertz CT molecular complexity index is 1670. The van der Waals surface area contributed by atoms with Crippen molar-refractivity contribution in [2.45, 2.75) is 83.6 Å². The number of pyridine rings is 1. The maximum absolute atomic E-state index is 13.3. The number of ether oxygens (including phenoxy) is 3. The molecular weight excluding hydrogens is 564 g/mol. The van der Waals surface area contributed by atoms with Gasteiger partial charge in [0.1, 0.15) is 11.0 Å². The number of anilines is 2. The van der Waals surface area contributed by atoms with Gasteiger partial charge in [-0.1, -0.05) is 0 Å². The van der Waals surface area contributed by atoms with Gasteiger partial charge in [0.25, 0.3) is 11.5 Å². The molecule has 3 aromatic rings. The topological polar surface area (TPSA) is 152 Å². The number of carbonyl (C=O) groups is 2. The zero-order chi connectivity index (χ0) is 31.9. The lowest BCUT2D eigenvalue weighted by molar-refractivity contribution is -0.176. The van der Waals surface area contributed by atoms with Gasteiger partial charge in [0, 0.05) is 30.5 Å². The van der Waals surface area contributed by atoms with E-state index in [0.717, 1.165) is 5.56 Å². The molecule has 0 aliphatic carbocycles. The molecule has 0 radical (unpaired) electrons. The van der Waals surface area contributed by atoms with Crippen molar-refractivity contribution in [3.8, 4) is 6.07 Å². The van der Waals surface area contributed by atoms with E-state index >= 15 is 0 Å². The quantitative estimate of drug-likeness (QED) is 0.395. The summed E-state index contributed by atoms with van der Waals surface area (Å²) in [7, 11) is 0. The summed E-state index contributed by atoms with van der Waals surface area (Å²) in [5, 5.41) is 18.2. The standard InChI is InChI=1S/C32H40N6O6/c1-20-17-21(7-8-22(20)28(40)37-15-16-43-31(5,6)18-37)35-26-25-23(10-14-34-27(25)39)38(36-26)32(12-13-33)11-9-24(42-19-32)29(41)44-30(2,3)4/h7-8,10,14,17,24H,9,11-12,15-16,18-19H2,1-6H3,(H,34,39)(H,35,36). The zero-order valence-corrected chi connectivity index (χ0v) is 26.2. The number of nitriles is 1. The Morgan fingerprint density at radius 1 is 1.27 bits per heavy atom. The fourth-order valence-corrected chi connectivity index (χ4v) is 5.90. The van der Waals surface area contributed by atoms with E-state index in [9.17, 15) is 19.6 Å². The van der Waals surface area contributed by atoms with Crippen LogP contribution in [0.2, 0.25) is 0 Å². The summed E-state index contributed by atoms with van der Waals surface area (Å²) in [5.41, 5.74) is 0.247. The minimum absolute atomic E-state index is 0.0434. The maximum Gasteiger partial charge on any atom is 0.335 e. The second-order valence-electron chi connectivity index (χ2n) is 13.2. The van der Waals surface area contributed by atoms with Crippen LogP contribution in [0.15, 0.2) is 35.3 Å². The molecule has 0 bridgehead atoms. The van der Waals surface area contributed by atoms with Gasteiger partial charge >= 0.3 is 5.97 Å². The van der Waals surface area contributed by atoms with E-state index in [0.29, 0.717) is 60.5 Å². The van der Waals surface area contributed by atoms with Gasteiger partial charge in [-0.25, -0.2) is 4.79 Å². The van der Waals surface area contributed by atoms with Crippen LogP contribution in [-0.2, 0) is 24.5 Å². The number of nitrogens with one attached hydrogen (secondary N) is 2. The van der Waals surface area contributed by atoms with Crippen LogP contribution >= 0.6 is 0 Å². The Morgan fingerprint density at radius 3 is 2.68 bits per heavy atom. The van der Waals surface area contributed by atoms with E-state index in [1.165, 1.54) is 6.20 Å². The molecule has 44 heavy (non-hydrogen) atoms. The summed E-state index contributed by atoms with van der Waals surface area (Å²) in [6, 6.07) is 9.39. The number of aromatic amines is 1. The van der Waals surface area contributed by atoms with E-state index < -0.39 is 28.8 Å². The predicted molar refractivity (Wildman–Crippen MR) is 164 cm³/mol. The number of carbonyl (C=O) groups excluding carboxylic acids is 2. The molecule has 234 valence electrons. The molecule has 2 fully saturated rings. The molecule has 2 aliphatic heterocycles. The normalized spacial score (nSPS) is 21.9. The van der Waals surface area contributed by atoms with Gasteiger partial charge < -0.3 is 29.4 Å². The van der Waals surface area contributed by atoms with Gasteiger partial charge in [-0.3, -0.25) is 14.3 Å². The van der Waals surface area contributed by atoms with Crippen LogP contribution in [0.25, 0.3) is 10.9 Å². The van der Waals surface area contributed by atoms with E-state index in [2.05, 4.69) is 16.4 Å². The second-order valence-corrected chi connectivity index (χ2v) is 13.2. The van der Waals surface area contributed by atoms with E-state index in [-0.39, 0.29) is 24.5 Å². The summed E-state index contributed by atoms with van der Waals surface area (Å²) < 4.78 is 18.9. The number of H-pyrrole nitrogens is 1. The number of hydrogen-bond donors (Lipinski definition) is 2. The number of nitrogens with zero attached hydrogens (tertiary/aromatic N) is 4.